The zero-order chi connectivity index (χ0) is 14.2. The highest BCUT2D eigenvalue weighted by Crippen LogP contribution is 2.35. The van der Waals surface area contributed by atoms with Gasteiger partial charge in [0.1, 0.15) is 5.72 Å². The van der Waals surface area contributed by atoms with Crippen molar-refractivity contribution in [3.05, 3.63) is 34.3 Å². The number of ether oxygens (including phenoxy) is 1. The largest absolute Gasteiger partial charge is 0.354 e. The molecule has 0 aromatic heterocycles. The first-order chi connectivity index (χ1) is 9.62. The molecule has 2 heterocycles. The van der Waals surface area contributed by atoms with Crippen LogP contribution in [0, 0.1) is 0 Å². The Morgan fingerprint density at radius 1 is 1.25 bits per heavy atom. The molecule has 3 rings (SSSR count). The third-order valence-corrected chi connectivity index (χ3v) is 4.99. The van der Waals surface area contributed by atoms with Crippen molar-refractivity contribution < 1.29 is 9.53 Å². The van der Waals surface area contributed by atoms with Crippen LogP contribution in [0.4, 0.5) is 0 Å². The van der Waals surface area contributed by atoms with Gasteiger partial charge in [0.05, 0.1) is 12.2 Å². The molecule has 2 fully saturated rings. The summed E-state index contributed by atoms with van der Waals surface area (Å²) in [7, 11) is 2.11. The Kier molecular flexibility index (Phi) is 3.84. The second-order valence-corrected chi connectivity index (χ2v) is 6.39. The molecule has 4 nitrogen and oxygen atoms in total. The van der Waals surface area contributed by atoms with Crippen molar-refractivity contribution in [1.82, 2.24) is 9.80 Å². The molecular weight excluding hydrogens is 320 g/mol. The predicted octanol–water partition coefficient (Wildman–Crippen LogP) is 2.34. The topological polar surface area (TPSA) is 32.8 Å². The molecule has 0 aliphatic carbocycles. The highest BCUT2D eigenvalue weighted by atomic mass is 79.9. The van der Waals surface area contributed by atoms with Gasteiger partial charge in [-0.15, -0.1) is 0 Å². The highest BCUT2D eigenvalue weighted by Gasteiger charge is 2.46. The van der Waals surface area contributed by atoms with Crippen LogP contribution in [0.5, 0.6) is 0 Å². The first-order valence-electron chi connectivity index (χ1n) is 7.01. The standard InChI is InChI=1S/C15H19BrN2O2/c1-17-8-6-15(7-9-17)18(10-11-20-15)14(19)12-4-2-3-5-13(12)16/h2-5H,6-11H2,1H3. The number of likely N-dealkylation sites (tertiary alicyclic amines) is 1. The summed E-state index contributed by atoms with van der Waals surface area (Å²) in [5.74, 6) is 0.0690. The van der Waals surface area contributed by atoms with E-state index in [-0.39, 0.29) is 5.91 Å². The van der Waals surface area contributed by atoms with E-state index in [4.69, 9.17) is 4.74 Å². The number of amides is 1. The third kappa shape index (κ3) is 2.38. The van der Waals surface area contributed by atoms with E-state index in [0.717, 1.165) is 36.0 Å². The van der Waals surface area contributed by atoms with Crippen LogP contribution in [0.2, 0.25) is 0 Å². The van der Waals surface area contributed by atoms with Crippen LogP contribution in [0.25, 0.3) is 0 Å². The lowest BCUT2D eigenvalue weighted by Crippen LogP contribution is -2.54. The zero-order valence-corrected chi connectivity index (χ0v) is 13.2. The summed E-state index contributed by atoms with van der Waals surface area (Å²) in [6.45, 7) is 3.27. The quantitative estimate of drug-likeness (QED) is 0.787. The van der Waals surface area contributed by atoms with Crippen LogP contribution in [0.3, 0.4) is 0 Å². The molecule has 0 N–H and O–H groups in total. The van der Waals surface area contributed by atoms with Gasteiger partial charge in [-0.3, -0.25) is 4.79 Å². The third-order valence-electron chi connectivity index (χ3n) is 4.30. The molecule has 20 heavy (non-hydrogen) atoms. The molecule has 1 spiro atoms. The van der Waals surface area contributed by atoms with E-state index >= 15 is 0 Å². The molecule has 2 saturated heterocycles. The van der Waals surface area contributed by atoms with Crippen LogP contribution in [-0.2, 0) is 4.74 Å². The van der Waals surface area contributed by atoms with Crippen molar-refractivity contribution in [3.8, 4) is 0 Å². The fourth-order valence-corrected chi connectivity index (χ4v) is 3.51. The number of benzene rings is 1. The second-order valence-electron chi connectivity index (χ2n) is 5.53. The Morgan fingerprint density at radius 3 is 2.65 bits per heavy atom. The lowest BCUT2D eigenvalue weighted by atomic mass is 9.98. The maximum atomic E-state index is 12.8. The van der Waals surface area contributed by atoms with E-state index < -0.39 is 5.72 Å². The number of nitrogens with zero attached hydrogens (tertiary/aromatic N) is 2. The van der Waals surface area contributed by atoms with E-state index in [1.54, 1.807) is 0 Å². The van der Waals surface area contributed by atoms with Gasteiger partial charge in [-0.05, 0) is 35.1 Å². The van der Waals surface area contributed by atoms with Gasteiger partial charge in [-0.1, -0.05) is 12.1 Å². The molecular formula is C15H19BrN2O2. The van der Waals surface area contributed by atoms with Crippen molar-refractivity contribution >= 4 is 21.8 Å². The molecule has 108 valence electrons. The van der Waals surface area contributed by atoms with Crippen molar-refractivity contribution in [3.63, 3.8) is 0 Å². The first kappa shape index (κ1) is 14.0. The smallest absolute Gasteiger partial charge is 0.257 e. The van der Waals surface area contributed by atoms with Crippen LogP contribution in [0.15, 0.2) is 28.7 Å². The number of piperidine rings is 1. The minimum absolute atomic E-state index is 0.0690. The summed E-state index contributed by atoms with van der Waals surface area (Å²) in [4.78, 5) is 17.0. The minimum Gasteiger partial charge on any atom is -0.354 e. The summed E-state index contributed by atoms with van der Waals surface area (Å²) in [6, 6.07) is 7.60. The van der Waals surface area contributed by atoms with E-state index in [2.05, 4.69) is 27.9 Å². The summed E-state index contributed by atoms with van der Waals surface area (Å²) in [5, 5.41) is 0. The van der Waals surface area contributed by atoms with Crippen molar-refractivity contribution in [2.45, 2.75) is 18.6 Å². The fraction of sp³-hybridized carbons (Fsp3) is 0.533. The van der Waals surface area contributed by atoms with Gasteiger partial charge in [-0.25, -0.2) is 0 Å². The number of carbonyl (C=O) groups excluding carboxylic acids is 1. The molecule has 0 unspecified atom stereocenters. The Balaban J connectivity index is 1.86. The van der Waals surface area contributed by atoms with Gasteiger partial charge in [0.25, 0.3) is 5.91 Å². The average Bonchev–Trinajstić information content (AvgIpc) is 2.86. The lowest BCUT2D eigenvalue weighted by Gasteiger charge is -2.42. The molecule has 0 radical (unpaired) electrons. The van der Waals surface area contributed by atoms with Gasteiger partial charge in [0.2, 0.25) is 0 Å². The van der Waals surface area contributed by atoms with E-state index in [1.165, 1.54) is 0 Å². The molecule has 2 aliphatic rings. The Bertz CT molecular complexity index is 512. The second kappa shape index (κ2) is 5.47. The Morgan fingerprint density at radius 2 is 1.95 bits per heavy atom. The number of hydrogen-bond acceptors (Lipinski definition) is 3. The molecule has 2 aliphatic heterocycles. The van der Waals surface area contributed by atoms with E-state index in [1.807, 2.05) is 29.2 Å². The number of rotatable bonds is 1. The Labute approximate surface area is 127 Å². The molecule has 1 aromatic rings. The average molecular weight is 339 g/mol. The first-order valence-corrected chi connectivity index (χ1v) is 7.81. The molecule has 0 saturated carbocycles. The van der Waals surface area contributed by atoms with Crippen LogP contribution >= 0.6 is 15.9 Å². The van der Waals surface area contributed by atoms with Crippen molar-refractivity contribution in [2.75, 3.05) is 33.3 Å². The number of carbonyl (C=O) groups is 1. The van der Waals surface area contributed by atoms with Crippen LogP contribution in [-0.4, -0.2) is 54.7 Å². The number of halogens is 1. The van der Waals surface area contributed by atoms with Gasteiger partial charge < -0.3 is 14.5 Å². The minimum atomic E-state index is -0.390. The molecule has 0 atom stereocenters. The van der Waals surface area contributed by atoms with E-state index in [9.17, 15) is 4.79 Å². The SMILES string of the molecule is CN1CCC2(CC1)OCCN2C(=O)c1ccccc1Br. The summed E-state index contributed by atoms with van der Waals surface area (Å²) in [6.07, 6.45) is 1.78. The fourth-order valence-electron chi connectivity index (χ4n) is 3.06. The molecule has 1 amide bonds. The van der Waals surface area contributed by atoms with Crippen LogP contribution < -0.4 is 0 Å². The molecule has 0 bridgehead atoms. The lowest BCUT2D eigenvalue weighted by molar-refractivity contribution is -0.102. The maximum Gasteiger partial charge on any atom is 0.257 e. The summed E-state index contributed by atoms with van der Waals surface area (Å²) in [5.41, 5.74) is 0.329. The van der Waals surface area contributed by atoms with E-state index in [0.29, 0.717) is 13.2 Å². The molecule has 1 aromatic carbocycles. The molecule has 5 heteroatoms. The maximum absolute atomic E-state index is 12.8. The highest BCUT2D eigenvalue weighted by molar-refractivity contribution is 9.10. The van der Waals surface area contributed by atoms with Gasteiger partial charge >= 0.3 is 0 Å². The predicted molar refractivity (Wildman–Crippen MR) is 80.6 cm³/mol. The summed E-state index contributed by atoms with van der Waals surface area (Å²) < 4.78 is 6.84. The normalized spacial score (nSPS) is 22.4. The van der Waals surface area contributed by atoms with Crippen LogP contribution in [0.1, 0.15) is 23.2 Å². The van der Waals surface area contributed by atoms with Gasteiger partial charge in [0, 0.05) is 36.9 Å². The summed E-state index contributed by atoms with van der Waals surface area (Å²) >= 11 is 3.47. The van der Waals surface area contributed by atoms with Crippen molar-refractivity contribution in [2.24, 2.45) is 0 Å². The number of hydrogen-bond donors (Lipinski definition) is 0. The zero-order valence-electron chi connectivity index (χ0n) is 11.6. The van der Waals surface area contributed by atoms with Crippen molar-refractivity contribution in [1.29, 1.82) is 0 Å². The van der Waals surface area contributed by atoms with Gasteiger partial charge in [-0.2, -0.15) is 0 Å². The van der Waals surface area contributed by atoms with Gasteiger partial charge in [0.15, 0.2) is 0 Å². The monoisotopic (exact) mass is 338 g/mol. The Hall–Kier alpha value is -0.910.